The number of urea groups is 1. The number of nitrogens with one attached hydrogen (secondary N) is 4. The smallest absolute Gasteiger partial charge is 0.316 e. The van der Waals surface area contributed by atoms with Crippen molar-refractivity contribution in [1.29, 1.82) is 0 Å². The Morgan fingerprint density at radius 2 is 1.71 bits per heavy atom. The Kier molecular flexibility index (Phi) is 12.1. The number of hydrogen-bond donors (Lipinski definition) is 4. The van der Waals surface area contributed by atoms with Gasteiger partial charge in [-0.25, -0.2) is 4.79 Å². The van der Waals surface area contributed by atoms with Crippen LogP contribution in [0.15, 0.2) is 12.7 Å². The molecular weight excluding hydrogens is 526 g/mol. The van der Waals surface area contributed by atoms with E-state index in [2.05, 4.69) is 33.8 Å². The summed E-state index contributed by atoms with van der Waals surface area (Å²) in [5.41, 5.74) is -0.722. The number of ketones is 2. The zero-order valence-corrected chi connectivity index (χ0v) is 24.9. The quantitative estimate of drug-likeness (QED) is 0.141. The van der Waals surface area contributed by atoms with Gasteiger partial charge in [-0.2, -0.15) is 0 Å². The van der Waals surface area contributed by atoms with Gasteiger partial charge in [-0.3, -0.25) is 24.0 Å². The molecule has 4 atom stereocenters. The lowest BCUT2D eigenvalue weighted by atomic mass is 9.85. The summed E-state index contributed by atoms with van der Waals surface area (Å²) in [5, 5.41) is 10.5. The average Bonchev–Trinajstić information content (AvgIpc) is 3.64. The molecule has 1 aliphatic heterocycles. The summed E-state index contributed by atoms with van der Waals surface area (Å²) < 4.78 is 0. The van der Waals surface area contributed by atoms with Gasteiger partial charge in [-0.15, -0.1) is 18.9 Å². The molecule has 226 valence electrons. The molecule has 1 aliphatic carbocycles. The highest BCUT2D eigenvalue weighted by molar-refractivity contribution is 6.38. The van der Waals surface area contributed by atoms with Crippen LogP contribution in [-0.4, -0.2) is 77.5 Å². The van der Waals surface area contributed by atoms with Crippen LogP contribution in [0.4, 0.5) is 4.79 Å². The van der Waals surface area contributed by atoms with Gasteiger partial charge in [0.25, 0.3) is 5.91 Å². The summed E-state index contributed by atoms with van der Waals surface area (Å²) >= 11 is 0. The van der Waals surface area contributed by atoms with Gasteiger partial charge in [0.15, 0.2) is 5.78 Å². The topological polar surface area (TPSA) is 154 Å². The van der Waals surface area contributed by atoms with Crippen molar-refractivity contribution in [2.45, 2.75) is 97.3 Å². The summed E-state index contributed by atoms with van der Waals surface area (Å²) in [4.78, 5) is 79.2. The lowest BCUT2D eigenvalue weighted by Gasteiger charge is -2.36. The van der Waals surface area contributed by atoms with Crippen LogP contribution < -0.4 is 21.3 Å². The zero-order chi connectivity index (χ0) is 30.9. The fourth-order valence-electron chi connectivity index (χ4n) is 4.79. The second kappa shape index (κ2) is 14.8. The van der Waals surface area contributed by atoms with Crippen LogP contribution in [0, 0.1) is 29.6 Å². The predicted octanol–water partition coefficient (Wildman–Crippen LogP) is 1.46. The molecule has 1 unspecified atom stereocenters. The minimum absolute atomic E-state index is 0.00262. The van der Waals surface area contributed by atoms with Gasteiger partial charge in [0.2, 0.25) is 17.6 Å². The third kappa shape index (κ3) is 9.44. The summed E-state index contributed by atoms with van der Waals surface area (Å²) in [6.07, 6.45) is 9.53. The van der Waals surface area contributed by atoms with Crippen molar-refractivity contribution in [1.82, 2.24) is 26.2 Å². The van der Waals surface area contributed by atoms with Gasteiger partial charge in [-0.05, 0) is 43.4 Å². The van der Waals surface area contributed by atoms with E-state index >= 15 is 0 Å². The van der Waals surface area contributed by atoms with Crippen LogP contribution in [0.3, 0.4) is 0 Å². The first-order valence-electron chi connectivity index (χ1n) is 14.3. The number of hydrogen-bond acceptors (Lipinski definition) is 6. The molecule has 2 aliphatic rings. The molecule has 2 rings (SSSR count). The van der Waals surface area contributed by atoms with Crippen LogP contribution in [0.25, 0.3) is 0 Å². The van der Waals surface area contributed by atoms with E-state index in [1.807, 2.05) is 13.8 Å². The number of carbonyl (C=O) groups excluding carboxylic acids is 6. The molecule has 11 nitrogen and oxygen atoms in total. The van der Waals surface area contributed by atoms with Crippen LogP contribution >= 0.6 is 0 Å². The van der Waals surface area contributed by atoms with E-state index in [1.54, 1.807) is 20.8 Å². The minimum atomic E-state index is -1.15. The third-order valence-corrected chi connectivity index (χ3v) is 7.31. The summed E-state index contributed by atoms with van der Waals surface area (Å²) in [6.45, 7) is 13.0. The van der Waals surface area contributed by atoms with E-state index in [-0.39, 0.29) is 43.6 Å². The van der Waals surface area contributed by atoms with Gasteiger partial charge >= 0.3 is 6.03 Å². The molecule has 0 radical (unpaired) electrons. The first kappa shape index (κ1) is 33.5. The molecule has 0 aromatic rings. The van der Waals surface area contributed by atoms with E-state index in [0.29, 0.717) is 12.8 Å². The van der Waals surface area contributed by atoms with Crippen molar-refractivity contribution in [2.24, 2.45) is 17.3 Å². The van der Waals surface area contributed by atoms with E-state index in [4.69, 9.17) is 6.42 Å². The number of Topliss-reactive ketones (excluding diaryl/α,β-unsaturated/α-hetero) is 2. The van der Waals surface area contributed by atoms with Crippen molar-refractivity contribution in [3.8, 4) is 12.3 Å². The Morgan fingerprint density at radius 3 is 2.24 bits per heavy atom. The zero-order valence-electron chi connectivity index (χ0n) is 24.9. The van der Waals surface area contributed by atoms with E-state index in [1.165, 1.54) is 11.0 Å². The van der Waals surface area contributed by atoms with Crippen LogP contribution in [0.1, 0.15) is 73.1 Å². The van der Waals surface area contributed by atoms with E-state index in [0.717, 1.165) is 12.8 Å². The summed E-state index contributed by atoms with van der Waals surface area (Å²) in [7, 11) is 0. The van der Waals surface area contributed by atoms with Crippen molar-refractivity contribution < 1.29 is 28.8 Å². The fraction of sp³-hybridized carbons (Fsp3) is 0.667. The third-order valence-electron chi connectivity index (χ3n) is 7.31. The number of nitrogens with zero attached hydrogens (tertiary/aromatic N) is 1. The number of amides is 5. The first-order chi connectivity index (χ1) is 19.2. The molecule has 2 fully saturated rings. The second-order valence-corrected chi connectivity index (χ2v) is 12.2. The predicted molar refractivity (Wildman–Crippen MR) is 154 cm³/mol. The molecule has 0 bridgehead atoms. The van der Waals surface area contributed by atoms with Crippen molar-refractivity contribution in [3.05, 3.63) is 12.7 Å². The van der Waals surface area contributed by atoms with Crippen LogP contribution in [-0.2, 0) is 24.0 Å². The number of carbonyl (C=O) groups is 6. The molecule has 0 aromatic carbocycles. The van der Waals surface area contributed by atoms with Gasteiger partial charge in [0.05, 0.1) is 12.1 Å². The fourth-order valence-corrected chi connectivity index (χ4v) is 4.79. The molecule has 41 heavy (non-hydrogen) atoms. The Bertz CT molecular complexity index is 1070. The number of terminal acetylenes is 1. The lowest BCUT2D eigenvalue weighted by Crippen LogP contribution is -2.61. The molecule has 5 amide bonds. The highest BCUT2D eigenvalue weighted by atomic mass is 16.2. The number of likely N-dealkylation sites (tertiary alicyclic amines) is 1. The molecule has 11 heteroatoms. The molecule has 1 saturated carbocycles. The van der Waals surface area contributed by atoms with Crippen LogP contribution in [0.5, 0.6) is 0 Å². The Hall–Kier alpha value is -3.68. The lowest BCUT2D eigenvalue weighted by molar-refractivity contribution is -0.143. The average molecular weight is 572 g/mol. The summed E-state index contributed by atoms with van der Waals surface area (Å²) in [5.74, 6) is -0.468. The van der Waals surface area contributed by atoms with E-state index in [9.17, 15) is 28.8 Å². The minimum Gasteiger partial charge on any atom is -0.346 e. The van der Waals surface area contributed by atoms with Gasteiger partial charge < -0.3 is 26.2 Å². The monoisotopic (exact) mass is 571 g/mol. The maximum atomic E-state index is 13.8. The Labute approximate surface area is 243 Å². The molecule has 1 heterocycles. The first-order valence-corrected chi connectivity index (χ1v) is 14.3. The van der Waals surface area contributed by atoms with Crippen molar-refractivity contribution in [3.63, 3.8) is 0 Å². The highest BCUT2D eigenvalue weighted by Crippen LogP contribution is 2.32. The SMILES string of the molecule is C#CCCC(NC(=O)[C@@H]1CCCN1C(=O)[C@@H](NC(=O)N[C@H](C(=O)C1CC1)C(C)C)C(C)(C)C)C(=O)C(=O)NCC=C. The van der Waals surface area contributed by atoms with E-state index < -0.39 is 59.1 Å². The van der Waals surface area contributed by atoms with Gasteiger partial charge in [0.1, 0.15) is 12.1 Å². The maximum absolute atomic E-state index is 13.8. The van der Waals surface area contributed by atoms with Crippen molar-refractivity contribution >= 4 is 35.3 Å². The molecule has 4 N–H and O–H groups in total. The largest absolute Gasteiger partial charge is 0.346 e. The molecule has 1 saturated heterocycles. The normalized spacial score (nSPS) is 18.9. The highest BCUT2D eigenvalue weighted by Gasteiger charge is 2.43. The van der Waals surface area contributed by atoms with Crippen LogP contribution in [0.2, 0.25) is 0 Å². The molecule has 0 aromatic heterocycles. The van der Waals surface area contributed by atoms with Gasteiger partial charge in [-0.1, -0.05) is 40.7 Å². The molecular formula is C30H45N5O6. The Balaban J connectivity index is 2.17. The standard InChI is InChI=1S/C30H45N5O6/c1-8-10-12-20(24(37)27(39)31-16-9-2)32-26(38)21-13-11-17-35(21)28(40)25(30(5,6)7)34-29(41)33-22(18(3)4)23(36)19-14-15-19/h1,9,18-22,25H,2,10-17H2,3-7H3,(H,31,39)(H,32,38)(H2,33,34,41)/t20?,21-,22-,25+/m0/s1. The Morgan fingerprint density at radius 1 is 1.05 bits per heavy atom. The molecule has 0 spiro atoms. The second-order valence-electron chi connectivity index (χ2n) is 12.2. The number of rotatable bonds is 14. The maximum Gasteiger partial charge on any atom is 0.316 e. The summed E-state index contributed by atoms with van der Waals surface area (Å²) in [6, 6.07) is -4.33. The van der Waals surface area contributed by atoms with Gasteiger partial charge in [0, 0.05) is 25.4 Å². The van der Waals surface area contributed by atoms with Crippen molar-refractivity contribution in [2.75, 3.05) is 13.1 Å².